The summed E-state index contributed by atoms with van der Waals surface area (Å²) in [6.07, 6.45) is 0.604. The molecule has 36 heavy (non-hydrogen) atoms. The highest BCUT2D eigenvalue weighted by Crippen LogP contribution is 2.27. The van der Waals surface area contributed by atoms with Gasteiger partial charge in [0.15, 0.2) is 0 Å². The van der Waals surface area contributed by atoms with Gasteiger partial charge in [-0.3, -0.25) is 4.79 Å². The van der Waals surface area contributed by atoms with Crippen LogP contribution in [0.5, 0.6) is 0 Å². The highest BCUT2D eigenvalue weighted by Gasteiger charge is 2.23. The van der Waals surface area contributed by atoms with E-state index in [0.717, 1.165) is 21.4 Å². The predicted octanol–water partition coefficient (Wildman–Crippen LogP) is 5.75. The van der Waals surface area contributed by atoms with Crippen LogP contribution in [0.2, 0.25) is 0 Å². The van der Waals surface area contributed by atoms with Crippen LogP contribution in [0.1, 0.15) is 38.4 Å². The van der Waals surface area contributed by atoms with E-state index in [2.05, 4.69) is 47.3 Å². The third-order valence-corrected chi connectivity index (χ3v) is 6.11. The summed E-state index contributed by atoms with van der Waals surface area (Å²) in [5.41, 5.74) is 3.21. The Morgan fingerprint density at radius 1 is 1.08 bits per heavy atom. The zero-order valence-corrected chi connectivity index (χ0v) is 23.1. The second-order valence-electron chi connectivity index (χ2n) is 9.62. The molecule has 0 saturated heterocycles. The molecule has 1 heterocycles. The van der Waals surface area contributed by atoms with Crippen molar-refractivity contribution in [2.24, 2.45) is 0 Å². The predicted molar refractivity (Wildman–Crippen MR) is 147 cm³/mol. The molecule has 0 aliphatic carbocycles. The molecule has 0 spiro atoms. The Morgan fingerprint density at radius 3 is 2.42 bits per heavy atom. The summed E-state index contributed by atoms with van der Waals surface area (Å²) in [6.45, 7) is 8.97. The van der Waals surface area contributed by atoms with Gasteiger partial charge in [0.1, 0.15) is 12.4 Å². The van der Waals surface area contributed by atoms with Crippen molar-refractivity contribution in [2.75, 3.05) is 37.4 Å². The molecule has 0 fully saturated rings. The van der Waals surface area contributed by atoms with Crippen LogP contribution in [0, 0.1) is 6.92 Å². The number of halogens is 1. The fraction of sp³-hybridized carbons (Fsp3) is 0.370. The van der Waals surface area contributed by atoms with E-state index in [4.69, 9.17) is 9.84 Å². The van der Waals surface area contributed by atoms with E-state index < -0.39 is 0 Å². The molecule has 0 saturated carbocycles. The van der Waals surface area contributed by atoms with Crippen molar-refractivity contribution in [1.82, 2.24) is 14.7 Å². The van der Waals surface area contributed by atoms with Gasteiger partial charge in [0, 0.05) is 41.9 Å². The molecule has 0 unspecified atom stereocenters. The number of hydrogen-bond acceptors (Lipinski definition) is 4. The number of ether oxygens (including phenoxy) is 1. The van der Waals surface area contributed by atoms with E-state index in [0.29, 0.717) is 31.1 Å². The summed E-state index contributed by atoms with van der Waals surface area (Å²) in [7, 11) is 1.61. The minimum Gasteiger partial charge on any atom is -0.385 e. The smallest absolute Gasteiger partial charge is 0.322 e. The quantitative estimate of drug-likeness (QED) is 0.329. The molecule has 0 bridgehead atoms. The van der Waals surface area contributed by atoms with Gasteiger partial charge in [0.05, 0.1) is 11.4 Å². The normalized spacial score (nSPS) is 11.3. The van der Waals surface area contributed by atoms with Gasteiger partial charge < -0.3 is 20.3 Å². The number of aryl methyl sites for hydroxylation is 1. The molecule has 0 aliphatic heterocycles. The van der Waals surface area contributed by atoms with E-state index >= 15 is 0 Å². The Bertz CT molecular complexity index is 1180. The molecule has 0 aliphatic rings. The first-order chi connectivity index (χ1) is 17.1. The maximum atomic E-state index is 13.2. The van der Waals surface area contributed by atoms with Gasteiger partial charge in [0.2, 0.25) is 5.91 Å². The van der Waals surface area contributed by atoms with Crippen LogP contribution in [-0.2, 0) is 14.9 Å². The topological polar surface area (TPSA) is 88.5 Å². The standard InChI is InChI=1S/C27H34BrN5O3/c1-19-9-6-7-10-22(19)33-24(17-23(31-33)27(2,3)4)30-25(34)18-32(15-8-16-36-5)26(35)29-21-13-11-20(28)12-14-21/h6-7,9-14,17H,8,15-16,18H2,1-5H3,(H,29,35)(H,30,34). The molecule has 9 heteroatoms. The van der Waals surface area contributed by atoms with E-state index in [9.17, 15) is 9.59 Å². The fourth-order valence-corrected chi connectivity index (χ4v) is 3.83. The molecule has 3 aromatic rings. The van der Waals surface area contributed by atoms with Crippen LogP contribution < -0.4 is 10.6 Å². The van der Waals surface area contributed by atoms with Crippen molar-refractivity contribution < 1.29 is 14.3 Å². The molecule has 1 aromatic heterocycles. The van der Waals surface area contributed by atoms with Gasteiger partial charge >= 0.3 is 6.03 Å². The van der Waals surface area contributed by atoms with Crippen molar-refractivity contribution >= 4 is 39.4 Å². The summed E-state index contributed by atoms with van der Waals surface area (Å²) in [6, 6.07) is 16.7. The second-order valence-corrected chi connectivity index (χ2v) is 10.5. The SMILES string of the molecule is COCCCN(CC(=O)Nc1cc(C(C)(C)C)nn1-c1ccccc1C)C(=O)Nc1ccc(Br)cc1. The summed E-state index contributed by atoms with van der Waals surface area (Å²) in [4.78, 5) is 27.7. The Hall–Kier alpha value is -3.17. The zero-order chi connectivity index (χ0) is 26.3. The van der Waals surface area contributed by atoms with Crippen LogP contribution in [0.15, 0.2) is 59.1 Å². The first kappa shape index (κ1) is 27.4. The van der Waals surface area contributed by atoms with Crippen LogP contribution >= 0.6 is 15.9 Å². The van der Waals surface area contributed by atoms with E-state index in [1.54, 1.807) is 23.9 Å². The zero-order valence-electron chi connectivity index (χ0n) is 21.5. The summed E-state index contributed by atoms with van der Waals surface area (Å²) < 4.78 is 7.81. The van der Waals surface area contributed by atoms with E-state index in [1.165, 1.54) is 4.90 Å². The van der Waals surface area contributed by atoms with Gasteiger partial charge in [-0.25, -0.2) is 9.48 Å². The van der Waals surface area contributed by atoms with E-state index in [1.807, 2.05) is 49.4 Å². The number of urea groups is 1. The first-order valence-electron chi connectivity index (χ1n) is 11.9. The molecule has 3 rings (SSSR count). The lowest BCUT2D eigenvalue weighted by molar-refractivity contribution is -0.116. The van der Waals surface area contributed by atoms with Crippen molar-refractivity contribution in [3.63, 3.8) is 0 Å². The van der Waals surface area contributed by atoms with Crippen LogP contribution in [0.25, 0.3) is 5.69 Å². The Morgan fingerprint density at radius 2 is 1.78 bits per heavy atom. The number of carbonyl (C=O) groups excluding carboxylic acids is 2. The first-order valence-corrected chi connectivity index (χ1v) is 12.6. The summed E-state index contributed by atoms with van der Waals surface area (Å²) in [5.74, 6) is 0.248. The van der Waals surface area contributed by atoms with Crippen molar-refractivity contribution in [1.29, 1.82) is 0 Å². The number of nitrogens with zero attached hydrogens (tertiary/aromatic N) is 3. The third kappa shape index (κ3) is 7.41. The minimum absolute atomic E-state index is 0.115. The molecular weight excluding hydrogens is 522 g/mol. The molecule has 0 radical (unpaired) electrons. The molecule has 2 N–H and O–H groups in total. The number of aromatic nitrogens is 2. The third-order valence-electron chi connectivity index (χ3n) is 5.58. The monoisotopic (exact) mass is 555 g/mol. The Kier molecular flexibility index (Phi) is 9.28. The number of nitrogens with one attached hydrogen (secondary N) is 2. The maximum Gasteiger partial charge on any atom is 0.322 e. The minimum atomic E-state index is -0.355. The van der Waals surface area contributed by atoms with E-state index in [-0.39, 0.29) is 23.9 Å². The van der Waals surface area contributed by atoms with Gasteiger partial charge in [0.25, 0.3) is 0 Å². The highest BCUT2D eigenvalue weighted by molar-refractivity contribution is 9.10. The maximum absolute atomic E-state index is 13.2. The van der Waals surface area contributed by atoms with Crippen molar-refractivity contribution in [3.05, 3.63) is 70.3 Å². The van der Waals surface area contributed by atoms with Gasteiger partial charge in [-0.1, -0.05) is 54.9 Å². The Balaban J connectivity index is 1.81. The lowest BCUT2D eigenvalue weighted by Gasteiger charge is -2.23. The number of benzene rings is 2. The van der Waals surface area contributed by atoms with Crippen LogP contribution in [0.3, 0.4) is 0 Å². The molecule has 2 aromatic carbocycles. The number of carbonyl (C=O) groups is 2. The average molecular weight is 557 g/mol. The number of anilines is 2. The summed E-state index contributed by atoms with van der Waals surface area (Å²) >= 11 is 3.39. The number of amides is 3. The summed E-state index contributed by atoms with van der Waals surface area (Å²) in [5, 5.41) is 10.6. The lowest BCUT2D eigenvalue weighted by atomic mass is 9.92. The number of hydrogen-bond donors (Lipinski definition) is 2. The van der Waals surface area contributed by atoms with Crippen molar-refractivity contribution in [2.45, 2.75) is 39.5 Å². The molecular formula is C27H34BrN5O3. The second kappa shape index (κ2) is 12.2. The Labute approximate surface area is 221 Å². The highest BCUT2D eigenvalue weighted by atomic mass is 79.9. The van der Waals surface area contributed by atoms with Gasteiger partial charge in [-0.2, -0.15) is 5.10 Å². The molecule has 192 valence electrons. The van der Waals surface area contributed by atoms with Gasteiger partial charge in [-0.15, -0.1) is 0 Å². The number of rotatable bonds is 9. The number of methoxy groups -OCH3 is 1. The molecule has 3 amide bonds. The van der Waals surface area contributed by atoms with Gasteiger partial charge in [-0.05, 0) is 49.2 Å². The largest absolute Gasteiger partial charge is 0.385 e. The average Bonchev–Trinajstić information content (AvgIpc) is 3.24. The van der Waals surface area contributed by atoms with Crippen molar-refractivity contribution in [3.8, 4) is 5.69 Å². The molecule has 0 atom stereocenters. The van der Waals surface area contributed by atoms with Crippen LogP contribution in [0.4, 0.5) is 16.3 Å². The lowest BCUT2D eigenvalue weighted by Crippen LogP contribution is -2.41. The van der Waals surface area contributed by atoms with Crippen LogP contribution in [-0.4, -0.2) is 53.4 Å². The number of para-hydroxylation sites is 1. The fourth-order valence-electron chi connectivity index (χ4n) is 3.56. The molecule has 8 nitrogen and oxygen atoms in total.